The maximum Gasteiger partial charge on any atom is 0.346 e. The van der Waals surface area contributed by atoms with Crippen molar-refractivity contribution in [1.82, 2.24) is 14.9 Å². The van der Waals surface area contributed by atoms with Crippen LogP contribution in [-0.2, 0) is 21.9 Å². The average molecular weight is 812 g/mol. The van der Waals surface area contributed by atoms with Gasteiger partial charge in [-0.1, -0.05) is 45.0 Å². The number of nitrogens with one attached hydrogen (secondary N) is 2. The van der Waals surface area contributed by atoms with Crippen LogP contribution in [0.25, 0.3) is 11.3 Å². The van der Waals surface area contributed by atoms with Crippen LogP contribution >= 0.6 is 11.3 Å². The van der Waals surface area contributed by atoms with Crippen LogP contribution in [0.3, 0.4) is 0 Å². The number of nitrogens with zero attached hydrogens (tertiary/aromatic N) is 3. The normalized spacial score (nSPS) is 14.9. The molecular formula is C44H50FN5O7S. The number of hydrogen-bond donors (Lipinski definition) is 3. The number of carboxylic acids is 1. The standard InChI is InChI=1S/C35H38FN5O5.C9H12O2S/c1-34(2,3)41(32(43)23-11-8-7-9-12-23)28-14-10-13-26(29(28)36)27-20-40(6)33(44)30(39-27)38-24-17-15-22(16-18-24)31(42)37-19-25-21-45-35(4,5)46-25;1-9(2,3)6-4-5-12-7(6)8(10)11/h7-18,20,25H,19,21H2,1-6H3,(H,37,42)(H,38,39);4-5H,1-3H3,(H,10,11). The quantitative estimate of drug-likeness (QED) is 0.133. The van der Waals surface area contributed by atoms with Crippen LogP contribution in [0.2, 0.25) is 0 Å². The zero-order valence-corrected chi connectivity index (χ0v) is 35.0. The number of amides is 2. The van der Waals surface area contributed by atoms with E-state index < -0.39 is 28.7 Å². The van der Waals surface area contributed by atoms with Gasteiger partial charge in [0.15, 0.2) is 17.4 Å². The Morgan fingerprint density at radius 2 is 1.64 bits per heavy atom. The molecule has 3 heterocycles. The maximum atomic E-state index is 16.3. The second kappa shape index (κ2) is 17.4. The molecule has 1 fully saturated rings. The Balaban J connectivity index is 0.000000458. The van der Waals surface area contributed by atoms with Crippen molar-refractivity contribution >= 4 is 46.3 Å². The minimum absolute atomic E-state index is 0.0314. The van der Waals surface area contributed by atoms with Crippen LogP contribution < -0.4 is 21.1 Å². The summed E-state index contributed by atoms with van der Waals surface area (Å²) in [5.74, 6) is -2.80. The van der Waals surface area contributed by atoms with Gasteiger partial charge in [-0.3, -0.25) is 14.4 Å². The zero-order chi connectivity index (χ0) is 42.6. The van der Waals surface area contributed by atoms with E-state index in [1.807, 2.05) is 72.9 Å². The van der Waals surface area contributed by atoms with Crippen molar-refractivity contribution < 1.29 is 33.4 Å². The largest absolute Gasteiger partial charge is 0.477 e. The Hall–Kier alpha value is -5.70. The van der Waals surface area contributed by atoms with Crippen LogP contribution in [0.15, 0.2) is 95.2 Å². The fourth-order valence-corrected chi connectivity index (χ4v) is 7.21. The highest BCUT2D eigenvalue weighted by Gasteiger charge is 2.33. The first-order chi connectivity index (χ1) is 27.2. The summed E-state index contributed by atoms with van der Waals surface area (Å²) in [6.07, 6.45) is 1.21. The third-order valence-corrected chi connectivity index (χ3v) is 10.00. The molecular weight excluding hydrogens is 762 g/mol. The lowest BCUT2D eigenvalue weighted by Gasteiger charge is -2.36. The van der Waals surface area contributed by atoms with E-state index >= 15 is 4.39 Å². The number of carbonyl (C=O) groups excluding carboxylic acids is 2. The Kier molecular flexibility index (Phi) is 13.0. The minimum Gasteiger partial charge on any atom is -0.477 e. The maximum absolute atomic E-state index is 16.3. The van der Waals surface area contributed by atoms with Crippen LogP contribution in [0.5, 0.6) is 0 Å². The lowest BCUT2D eigenvalue weighted by atomic mass is 9.87. The number of carboxylic acid groups (broad SMARTS) is 1. The average Bonchev–Trinajstić information content (AvgIpc) is 3.81. The molecule has 58 heavy (non-hydrogen) atoms. The molecule has 1 aliphatic rings. The number of rotatable bonds is 9. The Morgan fingerprint density at radius 3 is 2.21 bits per heavy atom. The first-order valence-electron chi connectivity index (χ1n) is 18.7. The number of aryl methyl sites for hydroxylation is 1. The number of halogens is 1. The van der Waals surface area contributed by atoms with E-state index in [2.05, 4.69) is 15.6 Å². The fourth-order valence-electron chi connectivity index (χ4n) is 6.27. The van der Waals surface area contributed by atoms with Crippen molar-refractivity contribution in [2.24, 2.45) is 7.05 Å². The van der Waals surface area contributed by atoms with Crippen molar-refractivity contribution in [1.29, 1.82) is 0 Å². The monoisotopic (exact) mass is 811 g/mol. The van der Waals surface area contributed by atoms with Gasteiger partial charge in [-0.2, -0.15) is 0 Å². The van der Waals surface area contributed by atoms with Gasteiger partial charge in [0.1, 0.15) is 11.0 Å². The van der Waals surface area contributed by atoms with Gasteiger partial charge in [0.2, 0.25) is 0 Å². The van der Waals surface area contributed by atoms with E-state index in [0.717, 1.165) is 5.56 Å². The summed E-state index contributed by atoms with van der Waals surface area (Å²) in [5, 5.41) is 16.5. The summed E-state index contributed by atoms with van der Waals surface area (Å²) in [6, 6.07) is 21.9. The number of aromatic carboxylic acids is 1. The molecule has 0 spiro atoms. The van der Waals surface area contributed by atoms with Gasteiger partial charge in [0, 0.05) is 47.7 Å². The number of ether oxygens (including phenoxy) is 2. The molecule has 0 radical (unpaired) electrons. The summed E-state index contributed by atoms with van der Waals surface area (Å²) in [7, 11) is 1.55. The minimum atomic E-state index is -0.824. The van der Waals surface area contributed by atoms with Crippen LogP contribution in [0, 0.1) is 5.82 Å². The molecule has 0 bridgehead atoms. The van der Waals surface area contributed by atoms with E-state index in [-0.39, 0.29) is 46.1 Å². The van der Waals surface area contributed by atoms with Crippen LogP contribution in [0.1, 0.15) is 91.3 Å². The highest BCUT2D eigenvalue weighted by atomic mass is 32.1. The Morgan fingerprint density at radius 1 is 0.966 bits per heavy atom. The Bertz CT molecular complexity index is 2330. The summed E-state index contributed by atoms with van der Waals surface area (Å²) in [4.78, 5) is 56.4. The van der Waals surface area contributed by atoms with Gasteiger partial charge in [-0.15, -0.1) is 11.3 Å². The van der Waals surface area contributed by atoms with Crippen molar-refractivity contribution in [3.05, 3.63) is 128 Å². The first-order valence-corrected chi connectivity index (χ1v) is 19.6. The predicted octanol–water partition coefficient (Wildman–Crippen LogP) is 8.40. The van der Waals surface area contributed by atoms with Gasteiger partial charge in [-0.05, 0) is 106 Å². The third kappa shape index (κ3) is 10.4. The van der Waals surface area contributed by atoms with E-state index in [4.69, 9.17) is 14.6 Å². The molecule has 5 aromatic rings. The number of aromatic nitrogens is 2. The van der Waals surface area contributed by atoms with Gasteiger partial charge in [-0.25, -0.2) is 14.2 Å². The molecule has 1 unspecified atom stereocenters. The van der Waals surface area contributed by atoms with E-state index in [9.17, 15) is 19.2 Å². The first kappa shape index (κ1) is 43.4. The smallest absolute Gasteiger partial charge is 0.346 e. The lowest BCUT2D eigenvalue weighted by Crippen LogP contribution is -2.46. The van der Waals surface area contributed by atoms with Gasteiger partial charge < -0.3 is 34.7 Å². The number of anilines is 3. The Labute approximate surface area is 341 Å². The third-order valence-electron chi connectivity index (χ3n) is 9.10. The second-order valence-electron chi connectivity index (χ2n) is 16.3. The molecule has 0 saturated carbocycles. The predicted molar refractivity (Wildman–Crippen MR) is 225 cm³/mol. The van der Waals surface area contributed by atoms with Crippen molar-refractivity contribution in [2.45, 2.75) is 78.2 Å². The zero-order valence-electron chi connectivity index (χ0n) is 34.2. The summed E-state index contributed by atoms with van der Waals surface area (Å²) >= 11 is 1.28. The van der Waals surface area contributed by atoms with Gasteiger partial charge in [0.05, 0.1) is 18.0 Å². The van der Waals surface area contributed by atoms with Crippen molar-refractivity contribution in [2.75, 3.05) is 23.4 Å². The summed E-state index contributed by atoms with van der Waals surface area (Å²) in [6.45, 7) is 15.9. The van der Waals surface area contributed by atoms with Crippen LogP contribution in [-0.4, -0.2) is 63.0 Å². The van der Waals surface area contributed by atoms with Crippen molar-refractivity contribution in [3.63, 3.8) is 0 Å². The highest BCUT2D eigenvalue weighted by Crippen LogP contribution is 2.34. The summed E-state index contributed by atoms with van der Waals surface area (Å²) < 4.78 is 28.9. The molecule has 306 valence electrons. The topological polar surface area (TPSA) is 152 Å². The molecule has 3 N–H and O–H groups in total. The second-order valence-corrected chi connectivity index (χ2v) is 17.2. The molecule has 1 saturated heterocycles. The molecule has 2 aromatic heterocycles. The number of carbonyl (C=O) groups is 3. The highest BCUT2D eigenvalue weighted by molar-refractivity contribution is 7.12. The van der Waals surface area contributed by atoms with Gasteiger partial charge >= 0.3 is 5.97 Å². The van der Waals surface area contributed by atoms with E-state index in [0.29, 0.717) is 34.8 Å². The molecule has 12 nitrogen and oxygen atoms in total. The molecule has 6 rings (SSSR count). The molecule has 1 atom stereocenters. The van der Waals surface area contributed by atoms with E-state index in [1.54, 1.807) is 73.8 Å². The molecule has 3 aromatic carbocycles. The number of hydrogen-bond acceptors (Lipinski definition) is 9. The summed E-state index contributed by atoms with van der Waals surface area (Å²) in [5.41, 5.74) is 1.43. The number of thiophene rings is 1. The fraction of sp³-hybridized carbons (Fsp3) is 0.341. The lowest BCUT2D eigenvalue weighted by molar-refractivity contribution is -0.137. The van der Waals surface area contributed by atoms with Crippen molar-refractivity contribution in [3.8, 4) is 11.3 Å². The van der Waals surface area contributed by atoms with Gasteiger partial charge in [0.25, 0.3) is 17.4 Å². The molecule has 14 heteroatoms. The SMILES string of the molecule is CC(C)(C)c1ccsc1C(=O)O.Cn1cc(-c2cccc(N(C(=O)c3ccccc3)C(C)(C)C)c2F)nc(Nc2ccc(C(=O)NCC3COC(C)(C)O3)cc2)c1=O. The molecule has 0 aliphatic carbocycles. The van der Waals surface area contributed by atoms with E-state index in [1.165, 1.54) is 27.0 Å². The van der Waals surface area contributed by atoms with Crippen LogP contribution in [0.4, 0.5) is 21.6 Å². The molecule has 2 amide bonds. The molecule has 1 aliphatic heterocycles. The number of benzene rings is 3.